The number of anilines is 2. The highest BCUT2D eigenvalue weighted by atomic mass is 16.5. The summed E-state index contributed by atoms with van der Waals surface area (Å²) in [6, 6.07) is 7.88. The highest BCUT2D eigenvalue weighted by Crippen LogP contribution is 2.37. The van der Waals surface area contributed by atoms with Crippen molar-refractivity contribution < 1.29 is 28.6 Å². The topological polar surface area (TPSA) is 226 Å². The van der Waals surface area contributed by atoms with Crippen LogP contribution in [0.5, 0.6) is 11.5 Å². The van der Waals surface area contributed by atoms with Crippen LogP contribution in [0.4, 0.5) is 11.9 Å². The van der Waals surface area contributed by atoms with E-state index < -0.39 is 17.7 Å². The molecule has 17 nitrogen and oxygen atoms in total. The van der Waals surface area contributed by atoms with Crippen molar-refractivity contribution in [2.24, 2.45) is 11.5 Å². The number of carbonyl (C=O) groups excluding carboxylic acids is 3. The number of primary amides is 2. The first-order chi connectivity index (χ1) is 25.6. The van der Waals surface area contributed by atoms with Crippen molar-refractivity contribution >= 4 is 51.7 Å². The van der Waals surface area contributed by atoms with Crippen LogP contribution in [-0.2, 0) is 17.8 Å². The van der Waals surface area contributed by atoms with E-state index in [2.05, 4.69) is 20.3 Å². The van der Waals surface area contributed by atoms with E-state index in [1.807, 2.05) is 35.1 Å². The fourth-order valence-electron chi connectivity index (χ4n) is 6.91. The van der Waals surface area contributed by atoms with Crippen LogP contribution >= 0.6 is 0 Å². The van der Waals surface area contributed by atoms with E-state index in [0.29, 0.717) is 84.3 Å². The average molecular weight is 726 g/mol. The van der Waals surface area contributed by atoms with Gasteiger partial charge in [0.05, 0.1) is 49.2 Å². The molecule has 0 spiro atoms. The van der Waals surface area contributed by atoms with Crippen LogP contribution in [0.3, 0.4) is 0 Å². The lowest BCUT2D eigenvalue weighted by Gasteiger charge is -2.26. The molecule has 2 aliphatic rings. The van der Waals surface area contributed by atoms with Gasteiger partial charge < -0.3 is 40.5 Å². The van der Waals surface area contributed by atoms with Gasteiger partial charge in [0.15, 0.2) is 0 Å². The molecule has 7 rings (SSSR count). The quantitative estimate of drug-likeness (QED) is 0.102. The number of benzene rings is 2. The lowest BCUT2D eigenvalue weighted by atomic mass is 10.1. The average Bonchev–Trinajstić information content (AvgIpc) is 3.76. The Balaban J connectivity index is 1.24. The molecule has 0 bridgehead atoms. The number of aryl methyl sites for hydroxylation is 2. The second kappa shape index (κ2) is 15.0. The van der Waals surface area contributed by atoms with Crippen molar-refractivity contribution in [3.63, 3.8) is 0 Å². The third-order valence-electron chi connectivity index (χ3n) is 9.44. The maximum Gasteiger partial charge on any atom is 0.276 e. The maximum absolute atomic E-state index is 13.7. The van der Waals surface area contributed by atoms with E-state index in [1.54, 1.807) is 35.0 Å². The molecule has 53 heavy (non-hydrogen) atoms. The Morgan fingerprint density at radius 2 is 1.74 bits per heavy atom. The van der Waals surface area contributed by atoms with E-state index in [9.17, 15) is 14.4 Å². The largest absolute Gasteiger partial charge is 0.491 e. The molecule has 2 aromatic carbocycles. The van der Waals surface area contributed by atoms with Gasteiger partial charge in [-0.15, -0.1) is 0 Å². The van der Waals surface area contributed by atoms with E-state index in [0.717, 1.165) is 26.1 Å². The normalized spacial score (nSPS) is 16.2. The highest BCUT2D eigenvalue weighted by Gasteiger charge is 2.25. The molecular formula is C36H43N11O6. The van der Waals surface area contributed by atoms with E-state index in [1.165, 1.54) is 0 Å². The summed E-state index contributed by atoms with van der Waals surface area (Å²) in [6.45, 7) is 9.19. The van der Waals surface area contributed by atoms with Gasteiger partial charge in [0.25, 0.3) is 5.91 Å². The van der Waals surface area contributed by atoms with Crippen molar-refractivity contribution in [3.05, 3.63) is 65.0 Å². The fraction of sp³-hybridized carbons (Fsp3) is 0.389. The maximum atomic E-state index is 13.7. The fourth-order valence-corrected chi connectivity index (χ4v) is 6.91. The third-order valence-corrected chi connectivity index (χ3v) is 9.44. The van der Waals surface area contributed by atoms with Gasteiger partial charge in [0, 0.05) is 50.3 Å². The van der Waals surface area contributed by atoms with Gasteiger partial charge >= 0.3 is 0 Å². The number of carbonyl (C=O) groups is 3. The number of nitrogens with two attached hydrogens (primary N) is 3. The molecule has 0 aliphatic carbocycles. The molecule has 5 aromatic rings. The number of allylic oxidation sites excluding steroid dienone is 2. The Labute approximate surface area is 304 Å². The van der Waals surface area contributed by atoms with Gasteiger partial charge in [-0.05, 0) is 50.6 Å². The molecule has 3 amide bonds. The third kappa shape index (κ3) is 7.25. The molecule has 5 heterocycles. The number of imidazole rings is 2. The van der Waals surface area contributed by atoms with Gasteiger partial charge in [-0.3, -0.25) is 29.3 Å². The minimum atomic E-state index is -0.629. The molecule has 0 radical (unpaired) electrons. The first-order valence-corrected chi connectivity index (χ1v) is 17.6. The summed E-state index contributed by atoms with van der Waals surface area (Å²) in [5.74, 6) is -0.213. The minimum Gasteiger partial charge on any atom is -0.491 e. The van der Waals surface area contributed by atoms with Crippen molar-refractivity contribution in [1.82, 2.24) is 33.8 Å². The highest BCUT2D eigenvalue weighted by molar-refractivity contribution is 6.04. The van der Waals surface area contributed by atoms with Crippen LogP contribution in [-0.4, -0.2) is 97.6 Å². The molecule has 1 atom stereocenters. The monoisotopic (exact) mass is 725 g/mol. The Morgan fingerprint density at radius 1 is 1.00 bits per heavy atom. The number of nitrogen functional groups attached to an aromatic ring is 1. The Hall–Kier alpha value is -5.94. The van der Waals surface area contributed by atoms with Gasteiger partial charge in [-0.2, -0.15) is 5.10 Å². The molecule has 3 aromatic heterocycles. The second-order valence-corrected chi connectivity index (χ2v) is 13.0. The molecule has 7 N–H and O–H groups in total. The number of hydrogen-bond donors (Lipinski definition) is 4. The molecular weight excluding hydrogens is 682 g/mol. The Bertz CT molecular complexity index is 2230. The summed E-state index contributed by atoms with van der Waals surface area (Å²) < 4.78 is 23.2. The van der Waals surface area contributed by atoms with Crippen molar-refractivity contribution in [1.29, 1.82) is 0 Å². The zero-order chi connectivity index (χ0) is 37.2. The van der Waals surface area contributed by atoms with Crippen molar-refractivity contribution in [2.75, 3.05) is 57.1 Å². The van der Waals surface area contributed by atoms with Crippen molar-refractivity contribution in [2.45, 2.75) is 45.8 Å². The molecule has 0 saturated carbocycles. The number of fused-ring (bicyclic) bond motifs is 1. The summed E-state index contributed by atoms with van der Waals surface area (Å²) in [7, 11) is 0. The smallest absolute Gasteiger partial charge is 0.276 e. The van der Waals surface area contributed by atoms with Crippen LogP contribution in [0.2, 0.25) is 0 Å². The summed E-state index contributed by atoms with van der Waals surface area (Å²) >= 11 is 0. The SMILES string of the molecule is CCn1nc(C)cc1C(=O)Nc1nc2cc(C(N)=O)cc(OCCCN3CCOCC3)c2n1C/C=C/[C@H]1CCOc2cc(C(N)=O)cc3nc(N)n1c23. The lowest BCUT2D eigenvalue weighted by molar-refractivity contribution is 0.0358. The standard InChI is InChI=1S/C36H43N11O6/c1-3-46-27(16-21(2)43-46)34(50)42-36-41-25-17-22(32(37)48)19-28(52-12-5-8-44-10-14-51-15-11-44)30(25)45(36)9-4-6-24-7-13-53-29-20-23(33(38)49)18-26-31(29)47(24)35(39)40-26/h4,6,16-20,24H,3,5,7-15H2,1-2H3,(H2,37,48)(H2,38,49)(H2,39,40)(H,41,42,50)/b6-4+/t24-/m0/s1. The zero-order valence-electron chi connectivity index (χ0n) is 29.7. The Kier molecular flexibility index (Phi) is 10.0. The Morgan fingerprint density at radius 3 is 2.47 bits per heavy atom. The second-order valence-electron chi connectivity index (χ2n) is 13.0. The number of nitrogens with zero attached hydrogens (tertiary/aromatic N) is 7. The molecule has 1 fully saturated rings. The molecule has 1 saturated heterocycles. The summed E-state index contributed by atoms with van der Waals surface area (Å²) in [6.07, 6.45) is 5.24. The van der Waals surface area contributed by atoms with Crippen LogP contribution in [0.15, 0.2) is 42.5 Å². The number of aromatic nitrogens is 6. The number of ether oxygens (including phenoxy) is 3. The number of rotatable bonds is 13. The first kappa shape index (κ1) is 35.5. The molecule has 0 unspecified atom stereocenters. The van der Waals surface area contributed by atoms with Crippen LogP contribution < -0.4 is 32.0 Å². The number of amides is 3. The van der Waals surface area contributed by atoms with Gasteiger partial charge in [-0.1, -0.05) is 12.2 Å². The number of morpholine rings is 1. The molecule has 17 heteroatoms. The number of nitrogens with one attached hydrogen (secondary N) is 1. The number of hydrogen-bond acceptors (Lipinski definition) is 11. The van der Waals surface area contributed by atoms with E-state index in [-0.39, 0.29) is 35.6 Å². The summed E-state index contributed by atoms with van der Waals surface area (Å²) in [5, 5.41) is 7.39. The minimum absolute atomic E-state index is 0.231. The molecule has 2 aliphatic heterocycles. The first-order valence-electron chi connectivity index (χ1n) is 17.6. The van der Waals surface area contributed by atoms with E-state index in [4.69, 9.17) is 36.4 Å². The van der Waals surface area contributed by atoms with E-state index >= 15 is 0 Å². The predicted octanol–water partition coefficient (Wildman–Crippen LogP) is 2.62. The van der Waals surface area contributed by atoms with Crippen LogP contribution in [0.25, 0.3) is 22.1 Å². The van der Waals surface area contributed by atoms with Gasteiger partial charge in [0.2, 0.25) is 23.7 Å². The molecule has 278 valence electrons. The predicted molar refractivity (Wildman–Crippen MR) is 197 cm³/mol. The zero-order valence-corrected chi connectivity index (χ0v) is 29.7. The summed E-state index contributed by atoms with van der Waals surface area (Å²) in [5.41, 5.74) is 21.5. The van der Waals surface area contributed by atoms with Gasteiger partial charge in [-0.25, -0.2) is 9.97 Å². The summed E-state index contributed by atoms with van der Waals surface area (Å²) in [4.78, 5) is 49.7. The lowest BCUT2D eigenvalue weighted by Crippen LogP contribution is -2.37. The van der Waals surface area contributed by atoms with Crippen LogP contribution in [0.1, 0.15) is 62.7 Å². The van der Waals surface area contributed by atoms with Crippen molar-refractivity contribution in [3.8, 4) is 11.5 Å². The van der Waals surface area contributed by atoms with Crippen LogP contribution in [0, 0.1) is 6.92 Å². The van der Waals surface area contributed by atoms with Gasteiger partial charge in [0.1, 0.15) is 28.2 Å².